The lowest BCUT2D eigenvalue weighted by Crippen LogP contribution is -2.30. The van der Waals surface area contributed by atoms with Crippen molar-refractivity contribution in [1.82, 2.24) is 10.3 Å². The third kappa shape index (κ3) is 7.94. The Hall–Kier alpha value is -3.66. The van der Waals surface area contributed by atoms with Gasteiger partial charge in [-0.3, -0.25) is 15.1 Å². The largest absolute Gasteiger partial charge is 0.481 e. The molecule has 3 N–H and O–H groups in total. The van der Waals surface area contributed by atoms with E-state index < -0.39 is 5.97 Å². The molecule has 0 unspecified atom stereocenters. The highest BCUT2D eigenvalue weighted by Crippen LogP contribution is 2.28. The molecule has 0 fully saturated rings. The van der Waals surface area contributed by atoms with Crippen LogP contribution in [0.4, 0.5) is 5.69 Å². The Balaban J connectivity index is 2.42. The molecule has 0 amide bonds. The Morgan fingerprint density at radius 2 is 2.06 bits per heavy atom. The van der Waals surface area contributed by atoms with Gasteiger partial charge in [-0.25, -0.2) is 4.99 Å². The molecule has 2 aromatic rings. The lowest BCUT2D eigenvalue weighted by atomic mass is 9.96. The zero-order valence-corrected chi connectivity index (χ0v) is 18.4. The lowest BCUT2D eigenvalue weighted by molar-refractivity contribution is -0.137. The smallest absolute Gasteiger partial charge is 0.303 e. The fraction of sp³-hybridized carbons (Fsp3) is 0.333. The Morgan fingerprint density at radius 1 is 1.29 bits per heavy atom. The van der Waals surface area contributed by atoms with Gasteiger partial charge in [-0.2, -0.15) is 5.26 Å². The van der Waals surface area contributed by atoms with E-state index >= 15 is 0 Å². The molecule has 7 heteroatoms. The van der Waals surface area contributed by atoms with E-state index in [9.17, 15) is 4.79 Å². The van der Waals surface area contributed by atoms with Crippen molar-refractivity contribution in [3.05, 3.63) is 65.5 Å². The second kappa shape index (κ2) is 10.9. The average molecular weight is 420 g/mol. The molecule has 7 nitrogen and oxygen atoms in total. The zero-order chi connectivity index (χ0) is 22.9. The summed E-state index contributed by atoms with van der Waals surface area (Å²) in [6.07, 6.45) is 8.81. The molecule has 0 spiro atoms. The van der Waals surface area contributed by atoms with E-state index in [1.54, 1.807) is 12.4 Å². The summed E-state index contributed by atoms with van der Waals surface area (Å²) < 4.78 is 0. The van der Waals surface area contributed by atoms with Gasteiger partial charge in [-0.05, 0) is 69.4 Å². The molecule has 0 radical (unpaired) electrons. The molecule has 31 heavy (non-hydrogen) atoms. The van der Waals surface area contributed by atoms with E-state index in [0.29, 0.717) is 18.8 Å². The van der Waals surface area contributed by atoms with Crippen LogP contribution in [0, 0.1) is 18.4 Å². The Bertz CT molecular complexity index is 999. The number of rotatable bonds is 7. The number of aryl methyl sites for hydroxylation is 1. The van der Waals surface area contributed by atoms with E-state index in [2.05, 4.69) is 20.6 Å². The van der Waals surface area contributed by atoms with Gasteiger partial charge in [0.15, 0.2) is 6.19 Å². The van der Waals surface area contributed by atoms with Crippen LogP contribution in [0.2, 0.25) is 0 Å². The van der Waals surface area contributed by atoms with Gasteiger partial charge >= 0.3 is 5.97 Å². The standard InChI is InChI=1S/C24H29N5O2/c1-17-11-12-18(14-21(17)28-23(27-16-25)29-24(2,3)4)20(9-5-6-10-22(30)31)19-8-7-13-26-15-19/h7-9,11-15H,5-6,10H2,1-4H3,(H,30,31)(H2,27,28,29). The van der Waals surface area contributed by atoms with E-state index in [1.165, 1.54) is 0 Å². The van der Waals surface area contributed by atoms with Crippen LogP contribution in [-0.2, 0) is 4.79 Å². The molecule has 1 aromatic heterocycles. The number of carboxylic acids is 1. The summed E-state index contributed by atoms with van der Waals surface area (Å²) in [6.45, 7) is 7.85. The van der Waals surface area contributed by atoms with E-state index in [0.717, 1.165) is 28.0 Å². The van der Waals surface area contributed by atoms with Crippen molar-refractivity contribution in [2.45, 2.75) is 52.5 Å². The molecular weight excluding hydrogens is 390 g/mol. The van der Waals surface area contributed by atoms with Gasteiger partial charge in [-0.15, -0.1) is 0 Å². The summed E-state index contributed by atoms with van der Waals surface area (Å²) >= 11 is 0. The number of carbonyl (C=O) groups is 1. The van der Waals surface area contributed by atoms with Crippen LogP contribution in [0.1, 0.15) is 56.7 Å². The Labute approximate surface area is 183 Å². The van der Waals surface area contributed by atoms with Crippen LogP contribution in [0.15, 0.2) is 53.8 Å². The molecular formula is C24H29N5O2. The lowest BCUT2D eigenvalue weighted by Gasteiger charge is -2.18. The third-order valence-corrected chi connectivity index (χ3v) is 4.34. The number of guanidine groups is 1. The summed E-state index contributed by atoms with van der Waals surface area (Å²) in [7, 11) is 0. The number of aromatic nitrogens is 1. The maximum atomic E-state index is 10.8. The molecule has 1 aromatic carbocycles. The number of benzene rings is 1. The van der Waals surface area contributed by atoms with Crippen LogP contribution in [0.25, 0.3) is 5.57 Å². The molecule has 1 heterocycles. The number of aliphatic imine (C=N–C) groups is 1. The first kappa shape index (κ1) is 23.6. The van der Waals surface area contributed by atoms with Crippen molar-refractivity contribution >= 4 is 23.2 Å². The first-order chi connectivity index (χ1) is 14.7. The average Bonchev–Trinajstić information content (AvgIpc) is 2.69. The molecule has 0 aliphatic heterocycles. The first-order valence-electron chi connectivity index (χ1n) is 10.1. The SMILES string of the molecule is Cc1ccc(C(=CCCCC(=O)O)c2cccnc2)cc1NC(=NC(C)(C)C)NC#N. The summed E-state index contributed by atoms with van der Waals surface area (Å²) in [4.78, 5) is 19.6. The highest BCUT2D eigenvalue weighted by atomic mass is 16.4. The molecule has 2 rings (SSSR count). The minimum Gasteiger partial charge on any atom is -0.481 e. The van der Waals surface area contributed by atoms with Gasteiger partial charge < -0.3 is 10.4 Å². The molecule has 0 aliphatic rings. The van der Waals surface area contributed by atoms with Gasteiger partial charge in [0.25, 0.3) is 0 Å². The predicted octanol–water partition coefficient (Wildman–Crippen LogP) is 4.71. The summed E-state index contributed by atoms with van der Waals surface area (Å²) in [6, 6.07) is 9.88. The van der Waals surface area contributed by atoms with E-state index in [-0.39, 0.29) is 12.0 Å². The van der Waals surface area contributed by atoms with Crippen molar-refractivity contribution in [2.75, 3.05) is 5.32 Å². The fourth-order valence-corrected chi connectivity index (χ4v) is 2.95. The van der Waals surface area contributed by atoms with Crippen LogP contribution >= 0.6 is 0 Å². The Kier molecular flexibility index (Phi) is 8.33. The van der Waals surface area contributed by atoms with Gasteiger partial charge in [0.1, 0.15) is 0 Å². The summed E-state index contributed by atoms with van der Waals surface area (Å²) in [5, 5.41) is 23.8. The number of nitrogens with zero attached hydrogens (tertiary/aromatic N) is 3. The number of nitriles is 1. The van der Waals surface area contributed by atoms with Gasteiger partial charge in [0.2, 0.25) is 5.96 Å². The number of hydrogen-bond acceptors (Lipinski definition) is 4. The van der Waals surface area contributed by atoms with Crippen molar-refractivity contribution in [2.24, 2.45) is 4.99 Å². The van der Waals surface area contributed by atoms with Crippen LogP contribution in [0.3, 0.4) is 0 Å². The second-order valence-electron chi connectivity index (χ2n) is 8.17. The number of unbranched alkanes of at least 4 members (excludes halogenated alkanes) is 1. The topological polar surface area (TPSA) is 110 Å². The third-order valence-electron chi connectivity index (χ3n) is 4.34. The fourth-order valence-electron chi connectivity index (χ4n) is 2.95. The number of carboxylic acid groups (broad SMARTS) is 1. The van der Waals surface area contributed by atoms with Gasteiger partial charge in [0, 0.05) is 30.1 Å². The number of aliphatic carboxylic acids is 1. The highest BCUT2D eigenvalue weighted by molar-refractivity contribution is 5.96. The minimum absolute atomic E-state index is 0.129. The van der Waals surface area contributed by atoms with Gasteiger partial charge in [-0.1, -0.05) is 24.3 Å². The number of nitrogens with one attached hydrogen (secondary N) is 2. The number of anilines is 1. The van der Waals surface area contributed by atoms with Crippen molar-refractivity contribution in [3.8, 4) is 6.19 Å². The van der Waals surface area contributed by atoms with Crippen LogP contribution < -0.4 is 10.6 Å². The highest BCUT2D eigenvalue weighted by Gasteiger charge is 2.13. The molecule has 0 aliphatic carbocycles. The predicted molar refractivity (Wildman–Crippen MR) is 124 cm³/mol. The number of allylic oxidation sites excluding steroid dienone is 1. The second-order valence-corrected chi connectivity index (χ2v) is 8.17. The first-order valence-corrected chi connectivity index (χ1v) is 10.1. The van der Waals surface area contributed by atoms with Crippen molar-refractivity contribution < 1.29 is 9.90 Å². The number of hydrogen-bond donors (Lipinski definition) is 3. The quantitative estimate of drug-likeness (QED) is 0.197. The molecule has 162 valence electrons. The number of pyridine rings is 1. The van der Waals surface area contributed by atoms with Crippen molar-refractivity contribution in [3.63, 3.8) is 0 Å². The van der Waals surface area contributed by atoms with Crippen LogP contribution in [0.5, 0.6) is 0 Å². The maximum Gasteiger partial charge on any atom is 0.303 e. The molecule has 0 bridgehead atoms. The molecule has 0 saturated heterocycles. The molecule has 0 atom stereocenters. The van der Waals surface area contributed by atoms with Gasteiger partial charge in [0.05, 0.1) is 5.54 Å². The van der Waals surface area contributed by atoms with Crippen LogP contribution in [-0.4, -0.2) is 27.6 Å². The Morgan fingerprint density at radius 3 is 2.68 bits per heavy atom. The minimum atomic E-state index is -0.797. The van der Waals surface area contributed by atoms with E-state index in [1.807, 2.05) is 70.3 Å². The maximum absolute atomic E-state index is 10.8. The van der Waals surface area contributed by atoms with Crippen molar-refractivity contribution in [1.29, 1.82) is 5.26 Å². The summed E-state index contributed by atoms with van der Waals surface area (Å²) in [5.74, 6) is -0.419. The summed E-state index contributed by atoms with van der Waals surface area (Å²) in [5.41, 5.74) is 4.35. The molecule has 0 saturated carbocycles. The monoisotopic (exact) mass is 419 g/mol. The van der Waals surface area contributed by atoms with E-state index in [4.69, 9.17) is 10.4 Å². The normalized spacial score (nSPS) is 12.2. The zero-order valence-electron chi connectivity index (χ0n) is 18.4.